The van der Waals surface area contributed by atoms with Crippen LogP contribution in [0.1, 0.15) is 18.1 Å². The minimum Gasteiger partial charge on any atom is -0.368 e. The molecule has 0 aliphatic carbocycles. The Morgan fingerprint density at radius 2 is 1.62 bits per heavy atom. The molecule has 0 spiro atoms. The van der Waals surface area contributed by atoms with Crippen LogP contribution in [0, 0.1) is 25.5 Å². The van der Waals surface area contributed by atoms with Crippen molar-refractivity contribution in [2.75, 3.05) is 17.2 Å². The predicted molar refractivity (Wildman–Crippen MR) is 85.2 cm³/mol. The summed E-state index contributed by atoms with van der Waals surface area (Å²) in [6.45, 7) is 6.21. The first-order valence-electron chi connectivity index (χ1n) is 6.56. The van der Waals surface area contributed by atoms with Gasteiger partial charge in [-0.1, -0.05) is 15.9 Å². The van der Waals surface area contributed by atoms with E-state index in [1.165, 1.54) is 0 Å². The van der Waals surface area contributed by atoms with Crippen molar-refractivity contribution < 1.29 is 8.78 Å². The van der Waals surface area contributed by atoms with Crippen molar-refractivity contribution in [2.45, 2.75) is 20.8 Å². The summed E-state index contributed by atoms with van der Waals surface area (Å²) in [5.41, 5.74) is 2.74. The maximum Gasteiger partial charge on any atom is 0.169 e. The third-order valence-corrected chi connectivity index (χ3v) is 4.22. The second-order valence-corrected chi connectivity index (χ2v) is 5.52. The van der Waals surface area contributed by atoms with E-state index in [9.17, 15) is 8.78 Å². The fraction of sp³-hybridized carbons (Fsp3) is 0.267. The van der Waals surface area contributed by atoms with Gasteiger partial charge in [-0.3, -0.25) is 0 Å². The number of hydrogen-bond acceptors (Lipinski definition) is 3. The Hall–Kier alpha value is -1.69. The Morgan fingerprint density at radius 3 is 2.19 bits per heavy atom. The molecule has 0 aliphatic rings. The van der Waals surface area contributed by atoms with Crippen LogP contribution in [-0.2, 0) is 0 Å². The monoisotopic (exact) mass is 355 g/mol. The largest absolute Gasteiger partial charge is 0.368 e. The van der Waals surface area contributed by atoms with Gasteiger partial charge in [0, 0.05) is 22.8 Å². The summed E-state index contributed by atoms with van der Waals surface area (Å²) in [4.78, 5) is 3.95. The standard InChI is InChI=1S/C15H16BrF2N3/c1-4-19-14-11(17)7-12(18)15(21-14)20-10-5-8(2)13(16)9(3)6-10/h5-7H,4H2,1-3H3,(H2,19,20,21). The maximum atomic E-state index is 13.8. The zero-order valence-corrected chi connectivity index (χ0v) is 13.6. The van der Waals surface area contributed by atoms with Gasteiger partial charge in [0.2, 0.25) is 0 Å². The van der Waals surface area contributed by atoms with E-state index in [0.29, 0.717) is 12.2 Å². The summed E-state index contributed by atoms with van der Waals surface area (Å²) < 4.78 is 28.4. The third kappa shape index (κ3) is 3.50. The number of aryl methyl sites for hydroxylation is 2. The molecule has 0 fully saturated rings. The van der Waals surface area contributed by atoms with Crippen molar-refractivity contribution in [3.8, 4) is 0 Å². The molecule has 1 heterocycles. The lowest BCUT2D eigenvalue weighted by Gasteiger charge is -2.12. The van der Waals surface area contributed by atoms with E-state index in [0.717, 1.165) is 21.7 Å². The van der Waals surface area contributed by atoms with Crippen molar-refractivity contribution in [1.82, 2.24) is 4.98 Å². The van der Waals surface area contributed by atoms with Crippen molar-refractivity contribution in [2.24, 2.45) is 0 Å². The van der Waals surface area contributed by atoms with Crippen molar-refractivity contribution >= 4 is 33.3 Å². The molecule has 3 nitrogen and oxygen atoms in total. The summed E-state index contributed by atoms with van der Waals surface area (Å²) in [6.07, 6.45) is 0. The minimum atomic E-state index is -0.729. The van der Waals surface area contributed by atoms with Crippen LogP contribution < -0.4 is 10.6 Å². The molecular weight excluding hydrogens is 340 g/mol. The van der Waals surface area contributed by atoms with Gasteiger partial charge in [0.1, 0.15) is 0 Å². The lowest BCUT2D eigenvalue weighted by Crippen LogP contribution is -2.06. The van der Waals surface area contributed by atoms with Crippen molar-refractivity contribution in [1.29, 1.82) is 0 Å². The first-order chi connectivity index (χ1) is 9.92. The van der Waals surface area contributed by atoms with E-state index in [4.69, 9.17) is 0 Å². The second kappa shape index (κ2) is 6.39. The molecule has 1 aromatic carbocycles. The van der Waals surface area contributed by atoms with Crippen molar-refractivity contribution in [3.05, 3.63) is 45.4 Å². The van der Waals surface area contributed by atoms with Gasteiger partial charge in [0.25, 0.3) is 0 Å². The highest BCUT2D eigenvalue weighted by molar-refractivity contribution is 9.10. The minimum absolute atomic E-state index is 0.00604. The van der Waals surface area contributed by atoms with Gasteiger partial charge in [0.05, 0.1) is 0 Å². The van der Waals surface area contributed by atoms with Crippen molar-refractivity contribution in [3.63, 3.8) is 0 Å². The van der Waals surface area contributed by atoms with E-state index in [1.807, 2.05) is 32.9 Å². The summed E-state index contributed by atoms with van der Waals surface area (Å²) in [5, 5.41) is 5.65. The molecule has 2 N–H and O–H groups in total. The molecule has 0 saturated heterocycles. The highest BCUT2D eigenvalue weighted by atomic mass is 79.9. The lowest BCUT2D eigenvalue weighted by atomic mass is 10.1. The van der Waals surface area contributed by atoms with Crippen LogP contribution in [0.2, 0.25) is 0 Å². The van der Waals surface area contributed by atoms with Gasteiger partial charge in [-0.15, -0.1) is 0 Å². The molecule has 0 aliphatic heterocycles. The fourth-order valence-corrected chi connectivity index (χ4v) is 2.23. The molecule has 0 bridgehead atoms. The number of rotatable bonds is 4. The number of anilines is 3. The normalized spacial score (nSPS) is 10.6. The van der Waals surface area contributed by atoms with Gasteiger partial charge in [-0.25, -0.2) is 13.8 Å². The number of hydrogen-bond donors (Lipinski definition) is 2. The molecule has 0 unspecified atom stereocenters. The first kappa shape index (κ1) is 15.7. The Labute approximate surface area is 130 Å². The quantitative estimate of drug-likeness (QED) is 0.817. The zero-order valence-electron chi connectivity index (χ0n) is 12.0. The fourth-order valence-electron chi connectivity index (χ4n) is 2.00. The molecule has 0 atom stereocenters. The highest BCUT2D eigenvalue weighted by Gasteiger charge is 2.12. The molecule has 2 aromatic rings. The summed E-state index contributed by atoms with van der Waals surface area (Å²) in [7, 11) is 0. The molecule has 2 rings (SSSR count). The van der Waals surface area contributed by atoms with E-state index in [2.05, 4.69) is 31.5 Å². The SMILES string of the molecule is CCNc1nc(Nc2cc(C)c(Br)c(C)c2)c(F)cc1F. The number of nitrogens with zero attached hydrogens (tertiary/aromatic N) is 1. The first-order valence-corrected chi connectivity index (χ1v) is 7.35. The van der Waals surface area contributed by atoms with Gasteiger partial charge >= 0.3 is 0 Å². The average molecular weight is 356 g/mol. The van der Waals surface area contributed by atoms with Gasteiger partial charge in [-0.2, -0.15) is 0 Å². The Morgan fingerprint density at radius 1 is 1.05 bits per heavy atom. The Balaban J connectivity index is 2.37. The predicted octanol–water partition coefficient (Wildman–Crippen LogP) is 4.91. The third-order valence-electron chi connectivity index (χ3n) is 2.97. The van der Waals surface area contributed by atoms with Crippen LogP contribution in [-0.4, -0.2) is 11.5 Å². The van der Waals surface area contributed by atoms with Gasteiger partial charge < -0.3 is 10.6 Å². The van der Waals surface area contributed by atoms with E-state index in [-0.39, 0.29) is 11.6 Å². The number of pyridine rings is 1. The van der Waals surface area contributed by atoms with Crippen LogP contribution in [0.4, 0.5) is 26.1 Å². The number of benzene rings is 1. The Bertz CT molecular complexity index is 651. The van der Waals surface area contributed by atoms with Crippen LogP contribution in [0.15, 0.2) is 22.7 Å². The zero-order chi connectivity index (χ0) is 15.6. The van der Waals surface area contributed by atoms with Gasteiger partial charge in [0.15, 0.2) is 23.3 Å². The van der Waals surface area contributed by atoms with E-state index in [1.54, 1.807) is 0 Å². The number of nitrogens with one attached hydrogen (secondary N) is 2. The number of aromatic nitrogens is 1. The molecule has 0 amide bonds. The molecule has 0 radical (unpaired) electrons. The molecule has 0 saturated carbocycles. The average Bonchev–Trinajstić information content (AvgIpc) is 2.41. The topological polar surface area (TPSA) is 37.0 Å². The molecule has 21 heavy (non-hydrogen) atoms. The molecule has 1 aromatic heterocycles. The second-order valence-electron chi connectivity index (χ2n) is 4.73. The van der Waals surface area contributed by atoms with E-state index < -0.39 is 11.6 Å². The van der Waals surface area contributed by atoms with Gasteiger partial charge in [-0.05, 0) is 44.0 Å². The van der Waals surface area contributed by atoms with E-state index >= 15 is 0 Å². The van der Waals surface area contributed by atoms with Crippen LogP contribution in [0.3, 0.4) is 0 Å². The summed E-state index contributed by atoms with van der Waals surface area (Å²) in [6, 6.07) is 4.56. The Kier molecular flexibility index (Phi) is 4.77. The summed E-state index contributed by atoms with van der Waals surface area (Å²) in [5.74, 6) is -1.41. The maximum absolute atomic E-state index is 13.8. The summed E-state index contributed by atoms with van der Waals surface area (Å²) >= 11 is 3.48. The molecule has 6 heteroatoms. The van der Waals surface area contributed by atoms with Crippen LogP contribution in [0.5, 0.6) is 0 Å². The highest BCUT2D eigenvalue weighted by Crippen LogP contribution is 2.28. The smallest absolute Gasteiger partial charge is 0.169 e. The molecular formula is C15H16BrF2N3. The van der Waals surface area contributed by atoms with Crippen LogP contribution in [0.25, 0.3) is 0 Å². The number of halogens is 3. The lowest BCUT2D eigenvalue weighted by molar-refractivity contribution is 0.579. The molecule has 112 valence electrons. The van der Waals surface area contributed by atoms with Crippen LogP contribution >= 0.6 is 15.9 Å².